The number of hydrogen-bond acceptors (Lipinski definition) is 3. The van der Waals surface area contributed by atoms with E-state index in [1.165, 1.54) is 5.39 Å². The molecule has 0 radical (unpaired) electrons. The Morgan fingerprint density at radius 3 is 2.59 bits per heavy atom. The van der Waals surface area contributed by atoms with Gasteiger partial charge in [0.2, 0.25) is 0 Å². The number of aromatic nitrogens is 1. The van der Waals surface area contributed by atoms with Gasteiger partial charge in [0.15, 0.2) is 0 Å². The first kappa shape index (κ1) is 15.0. The number of benzene rings is 2. The molecule has 0 bridgehead atoms. The van der Waals surface area contributed by atoms with Crippen LogP contribution in [0.3, 0.4) is 0 Å². The van der Waals surface area contributed by atoms with Gasteiger partial charge in [-0.05, 0) is 28.0 Å². The zero-order valence-electron chi connectivity index (χ0n) is 12.0. The molecule has 0 amide bonds. The van der Waals surface area contributed by atoms with Crippen LogP contribution in [0.15, 0.2) is 60.9 Å². The van der Waals surface area contributed by atoms with Crippen LogP contribution in [-0.4, -0.2) is 16.7 Å². The Bertz CT molecular complexity index is 791. The second-order valence-electron chi connectivity index (χ2n) is 5.32. The van der Waals surface area contributed by atoms with Crippen molar-refractivity contribution in [1.29, 1.82) is 0 Å². The fraction of sp³-hybridized carbons (Fsp3) is 0.167. The number of aliphatic hydroxyl groups is 1. The third-order valence-electron chi connectivity index (χ3n) is 3.99. The third kappa shape index (κ3) is 2.83. The predicted octanol–water partition coefficient (Wildman–Crippen LogP) is 3.66. The highest BCUT2D eigenvalue weighted by Gasteiger charge is 2.22. The molecule has 0 saturated carbocycles. The molecule has 0 aliphatic carbocycles. The van der Waals surface area contributed by atoms with Crippen LogP contribution in [0.25, 0.3) is 10.8 Å². The smallest absolute Gasteiger partial charge is 0.0637 e. The molecule has 1 heterocycles. The Labute approximate surface area is 134 Å². The van der Waals surface area contributed by atoms with Crippen molar-refractivity contribution in [3.63, 3.8) is 0 Å². The quantitative estimate of drug-likeness (QED) is 0.773. The van der Waals surface area contributed by atoms with Crippen LogP contribution in [-0.2, 0) is 0 Å². The summed E-state index contributed by atoms with van der Waals surface area (Å²) in [6.45, 7) is -0.0435. The van der Waals surface area contributed by atoms with Crippen molar-refractivity contribution in [2.45, 2.75) is 12.0 Å². The Morgan fingerprint density at radius 2 is 1.86 bits per heavy atom. The van der Waals surface area contributed by atoms with Gasteiger partial charge in [0, 0.05) is 24.4 Å². The summed E-state index contributed by atoms with van der Waals surface area (Å²) in [6.07, 6.45) is 3.24. The lowest BCUT2D eigenvalue weighted by Gasteiger charge is -2.23. The van der Waals surface area contributed by atoms with Crippen LogP contribution in [0.1, 0.15) is 23.1 Å². The summed E-state index contributed by atoms with van der Waals surface area (Å²) < 4.78 is 0. The summed E-state index contributed by atoms with van der Waals surface area (Å²) in [6, 6.07) is 15.7. The number of pyridine rings is 1. The van der Waals surface area contributed by atoms with E-state index in [0.717, 1.165) is 16.5 Å². The lowest BCUT2D eigenvalue weighted by atomic mass is 9.87. The Balaban J connectivity index is 2.00. The first-order chi connectivity index (χ1) is 10.7. The van der Waals surface area contributed by atoms with Crippen molar-refractivity contribution >= 4 is 22.4 Å². The van der Waals surface area contributed by atoms with Crippen molar-refractivity contribution in [1.82, 2.24) is 4.98 Å². The van der Waals surface area contributed by atoms with Gasteiger partial charge in [-0.2, -0.15) is 0 Å². The number of halogens is 1. The highest BCUT2D eigenvalue weighted by molar-refractivity contribution is 6.31. The number of hydrogen-bond donors (Lipinski definition) is 2. The van der Waals surface area contributed by atoms with E-state index < -0.39 is 0 Å². The van der Waals surface area contributed by atoms with E-state index in [9.17, 15) is 5.11 Å². The van der Waals surface area contributed by atoms with Crippen molar-refractivity contribution in [2.24, 2.45) is 5.73 Å². The summed E-state index contributed by atoms with van der Waals surface area (Å²) >= 11 is 6.18. The van der Waals surface area contributed by atoms with E-state index in [1.54, 1.807) is 18.5 Å². The molecule has 0 spiro atoms. The molecule has 0 fully saturated rings. The topological polar surface area (TPSA) is 59.1 Å². The van der Waals surface area contributed by atoms with E-state index in [-0.39, 0.29) is 18.6 Å². The summed E-state index contributed by atoms with van der Waals surface area (Å²) in [4.78, 5) is 3.98. The molecule has 3 aromatic rings. The average molecular weight is 313 g/mol. The molecular formula is C18H17ClN2O. The van der Waals surface area contributed by atoms with Gasteiger partial charge in [0.25, 0.3) is 0 Å². The Morgan fingerprint density at radius 1 is 1.09 bits per heavy atom. The van der Waals surface area contributed by atoms with Gasteiger partial charge < -0.3 is 10.8 Å². The van der Waals surface area contributed by atoms with Crippen LogP contribution < -0.4 is 5.73 Å². The molecule has 3 N–H and O–H groups in total. The van der Waals surface area contributed by atoms with Gasteiger partial charge in [-0.15, -0.1) is 0 Å². The van der Waals surface area contributed by atoms with Gasteiger partial charge in [-0.1, -0.05) is 54.1 Å². The molecule has 0 saturated heterocycles. The maximum Gasteiger partial charge on any atom is 0.0637 e. The fourth-order valence-electron chi connectivity index (χ4n) is 2.74. The minimum Gasteiger partial charge on any atom is -0.396 e. The summed E-state index contributed by atoms with van der Waals surface area (Å²) in [7, 11) is 0. The second kappa shape index (κ2) is 6.44. The molecule has 0 aliphatic rings. The van der Waals surface area contributed by atoms with E-state index in [0.29, 0.717) is 5.02 Å². The first-order valence-electron chi connectivity index (χ1n) is 7.15. The minimum atomic E-state index is -0.387. The standard InChI is InChI=1S/C18H17ClN2O/c19-17-10-21-8-7-15(17)18(20)16(11-22)14-6-5-12-3-1-2-4-13(12)9-14/h1-10,16,18,22H,11,20H2. The van der Waals surface area contributed by atoms with Crippen LogP contribution in [0.2, 0.25) is 5.02 Å². The molecular weight excluding hydrogens is 296 g/mol. The van der Waals surface area contributed by atoms with E-state index >= 15 is 0 Å². The Kier molecular flexibility index (Phi) is 4.39. The summed E-state index contributed by atoms with van der Waals surface area (Å²) in [5.74, 6) is -0.218. The molecule has 2 atom stereocenters. The summed E-state index contributed by atoms with van der Waals surface area (Å²) in [5.41, 5.74) is 8.15. The van der Waals surface area contributed by atoms with E-state index in [2.05, 4.69) is 23.2 Å². The summed E-state index contributed by atoms with van der Waals surface area (Å²) in [5, 5.41) is 12.7. The molecule has 0 aliphatic heterocycles. The highest BCUT2D eigenvalue weighted by Crippen LogP contribution is 2.33. The van der Waals surface area contributed by atoms with Crippen molar-refractivity contribution in [3.05, 3.63) is 77.1 Å². The minimum absolute atomic E-state index is 0.0435. The largest absolute Gasteiger partial charge is 0.396 e. The zero-order valence-corrected chi connectivity index (χ0v) is 12.7. The normalized spacial score (nSPS) is 14.0. The molecule has 112 valence electrons. The van der Waals surface area contributed by atoms with Gasteiger partial charge in [-0.3, -0.25) is 4.98 Å². The molecule has 2 unspecified atom stereocenters. The lowest BCUT2D eigenvalue weighted by molar-refractivity contribution is 0.249. The number of fused-ring (bicyclic) bond motifs is 1. The van der Waals surface area contributed by atoms with Crippen LogP contribution in [0.5, 0.6) is 0 Å². The van der Waals surface area contributed by atoms with Crippen LogP contribution in [0.4, 0.5) is 0 Å². The van der Waals surface area contributed by atoms with Crippen LogP contribution in [0, 0.1) is 0 Å². The molecule has 1 aromatic heterocycles. The third-order valence-corrected chi connectivity index (χ3v) is 4.31. The van der Waals surface area contributed by atoms with Crippen molar-refractivity contribution < 1.29 is 5.11 Å². The molecule has 2 aromatic carbocycles. The predicted molar refractivity (Wildman–Crippen MR) is 90.0 cm³/mol. The van der Waals surface area contributed by atoms with Crippen molar-refractivity contribution in [2.75, 3.05) is 6.61 Å². The van der Waals surface area contributed by atoms with Gasteiger partial charge in [-0.25, -0.2) is 0 Å². The van der Waals surface area contributed by atoms with E-state index in [1.807, 2.05) is 24.3 Å². The number of nitrogens with two attached hydrogens (primary N) is 1. The van der Waals surface area contributed by atoms with Gasteiger partial charge >= 0.3 is 0 Å². The molecule has 22 heavy (non-hydrogen) atoms. The van der Waals surface area contributed by atoms with Gasteiger partial charge in [0.1, 0.15) is 0 Å². The number of nitrogens with zero attached hydrogens (tertiary/aromatic N) is 1. The average Bonchev–Trinajstić information content (AvgIpc) is 2.55. The molecule has 4 heteroatoms. The molecule has 3 nitrogen and oxygen atoms in total. The number of rotatable bonds is 4. The monoisotopic (exact) mass is 312 g/mol. The first-order valence-corrected chi connectivity index (χ1v) is 7.53. The second-order valence-corrected chi connectivity index (χ2v) is 5.73. The van der Waals surface area contributed by atoms with Crippen molar-refractivity contribution in [3.8, 4) is 0 Å². The van der Waals surface area contributed by atoms with Gasteiger partial charge in [0.05, 0.1) is 11.6 Å². The van der Waals surface area contributed by atoms with Crippen LogP contribution >= 0.6 is 11.6 Å². The zero-order chi connectivity index (χ0) is 15.5. The van der Waals surface area contributed by atoms with E-state index in [4.69, 9.17) is 17.3 Å². The highest BCUT2D eigenvalue weighted by atomic mass is 35.5. The SMILES string of the molecule is NC(c1ccncc1Cl)C(CO)c1ccc2ccccc2c1. The maximum atomic E-state index is 9.84. The lowest BCUT2D eigenvalue weighted by Crippen LogP contribution is -2.23. The number of aliphatic hydroxyl groups excluding tert-OH is 1. The fourth-order valence-corrected chi connectivity index (χ4v) is 2.98. The molecule has 3 rings (SSSR count). The Hall–Kier alpha value is -1.94. The maximum absolute atomic E-state index is 9.84.